The van der Waals surface area contributed by atoms with Gasteiger partial charge in [-0.05, 0) is 56.8 Å². The van der Waals surface area contributed by atoms with E-state index in [9.17, 15) is 4.79 Å². The van der Waals surface area contributed by atoms with E-state index in [0.29, 0.717) is 23.1 Å². The van der Waals surface area contributed by atoms with Gasteiger partial charge >= 0.3 is 5.97 Å². The average Bonchev–Trinajstić information content (AvgIpc) is 2.70. The van der Waals surface area contributed by atoms with Crippen LogP contribution in [0.3, 0.4) is 0 Å². The largest absolute Gasteiger partial charge is 0.462 e. The first-order chi connectivity index (χ1) is 13.2. The van der Waals surface area contributed by atoms with Crippen LogP contribution in [-0.4, -0.2) is 46.8 Å². The van der Waals surface area contributed by atoms with E-state index < -0.39 is 5.97 Å². The van der Waals surface area contributed by atoms with Gasteiger partial charge < -0.3 is 10.1 Å². The molecular weight excluding hydrogens is 360 g/mol. The Morgan fingerprint density at radius 2 is 1.96 bits per heavy atom. The van der Waals surface area contributed by atoms with Crippen LogP contribution in [0.2, 0.25) is 0 Å². The van der Waals surface area contributed by atoms with Crippen molar-refractivity contribution in [3.05, 3.63) is 41.6 Å². The van der Waals surface area contributed by atoms with Crippen molar-refractivity contribution in [2.75, 3.05) is 31.3 Å². The second kappa shape index (κ2) is 9.71. The van der Waals surface area contributed by atoms with E-state index in [1.54, 1.807) is 6.92 Å². The minimum Gasteiger partial charge on any atom is -0.462 e. The molecule has 1 aromatic carbocycles. The molecular formula is C20H26N4O2S. The summed E-state index contributed by atoms with van der Waals surface area (Å²) in [5, 5.41) is 3.84. The first-order valence-corrected chi connectivity index (χ1v) is 10.6. The van der Waals surface area contributed by atoms with Gasteiger partial charge in [0.2, 0.25) is 0 Å². The normalized spacial score (nSPS) is 14.7. The van der Waals surface area contributed by atoms with Gasteiger partial charge in [-0.3, -0.25) is 4.90 Å². The summed E-state index contributed by atoms with van der Waals surface area (Å²) in [6.07, 6.45) is 7.35. The molecule has 0 aliphatic carbocycles. The first kappa shape index (κ1) is 19.6. The SMILES string of the molecule is CCOC(=O)c1cnc(SC)nc1Nc1ccc(CN2CCCCC2)cc1. The summed E-state index contributed by atoms with van der Waals surface area (Å²) in [6, 6.07) is 8.29. The highest BCUT2D eigenvalue weighted by Crippen LogP contribution is 2.23. The standard InChI is InChI=1S/C20H26N4O2S/c1-3-26-19(25)17-13-21-20(27-2)23-18(17)22-16-9-7-15(8-10-16)14-24-11-5-4-6-12-24/h7-10,13H,3-6,11-12,14H2,1-2H3,(H,21,22,23). The smallest absolute Gasteiger partial charge is 0.343 e. The lowest BCUT2D eigenvalue weighted by atomic mass is 10.1. The van der Waals surface area contributed by atoms with Crippen molar-refractivity contribution in [2.45, 2.75) is 37.9 Å². The molecule has 0 saturated carbocycles. The number of hydrogen-bond donors (Lipinski definition) is 1. The molecule has 6 nitrogen and oxygen atoms in total. The van der Waals surface area contributed by atoms with Crippen LogP contribution in [0.1, 0.15) is 42.1 Å². The van der Waals surface area contributed by atoms with Crippen molar-refractivity contribution in [2.24, 2.45) is 0 Å². The number of rotatable bonds is 7. The second-order valence-electron chi connectivity index (χ2n) is 6.50. The highest BCUT2D eigenvalue weighted by molar-refractivity contribution is 7.98. The van der Waals surface area contributed by atoms with Gasteiger partial charge in [-0.15, -0.1) is 0 Å². The number of likely N-dealkylation sites (tertiary alicyclic amines) is 1. The molecule has 2 heterocycles. The van der Waals surface area contributed by atoms with Gasteiger partial charge in [-0.25, -0.2) is 14.8 Å². The zero-order valence-corrected chi connectivity index (χ0v) is 16.7. The number of anilines is 2. The number of carbonyl (C=O) groups excluding carboxylic acids is 1. The van der Waals surface area contributed by atoms with Crippen LogP contribution < -0.4 is 5.32 Å². The highest BCUT2D eigenvalue weighted by Gasteiger charge is 2.16. The number of piperidine rings is 1. The summed E-state index contributed by atoms with van der Waals surface area (Å²) >= 11 is 1.43. The van der Waals surface area contributed by atoms with Gasteiger partial charge in [-0.2, -0.15) is 0 Å². The molecule has 0 radical (unpaired) electrons. The number of esters is 1. The molecule has 1 aliphatic heterocycles. The Morgan fingerprint density at radius 3 is 2.63 bits per heavy atom. The Labute approximate surface area is 164 Å². The van der Waals surface area contributed by atoms with Crippen LogP contribution in [0.25, 0.3) is 0 Å². The fourth-order valence-electron chi connectivity index (χ4n) is 3.12. The molecule has 1 aliphatic rings. The van der Waals surface area contributed by atoms with E-state index in [1.165, 1.54) is 55.9 Å². The monoisotopic (exact) mass is 386 g/mol. The van der Waals surface area contributed by atoms with Crippen molar-refractivity contribution >= 4 is 29.2 Å². The van der Waals surface area contributed by atoms with Gasteiger partial charge in [0.25, 0.3) is 0 Å². The quantitative estimate of drug-likeness (QED) is 0.436. The number of ether oxygens (including phenoxy) is 1. The van der Waals surface area contributed by atoms with Crippen LogP contribution in [0.15, 0.2) is 35.6 Å². The molecule has 3 rings (SSSR count). The molecule has 27 heavy (non-hydrogen) atoms. The summed E-state index contributed by atoms with van der Waals surface area (Å²) in [4.78, 5) is 23.3. The molecule has 144 valence electrons. The molecule has 0 amide bonds. The molecule has 7 heteroatoms. The van der Waals surface area contributed by atoms with E-state index in [1.807, 2.05) is 18.4 Å². The topological polar surface area (TPSA) is 67.3 Å². The van der Waals surface area contributed by atoms with E-state index in [0.717, 1.165) is 12.2 Å². The van der Waals surface area contributed by atoms with E-state index in [-0.39, 0.29) is 0 Å². The molecule has 1 aromatic heterocycles. The third kappa shape index (κ3) is 5.43. The van der Waals surface area contributed by atoms with Gasteiger partial charge in [0, 0.05) is 18.4 Å². The van der Waals surface area contributed by atoms with Gasteiger partial charge in [0.1, 0.15) is 11.4 Å². The molecule has 0 unspecified atom stereocenters. The lowest BCUT2D eigenvalue weighted by Gasteiger charge is -2.26. The number of carbonyl (C=O) groups is 1. The van der Waals surface area contributed by atoms with E-state index in [4.69, 9.17) is 4.74 Å². The van der Waals surface area contributed by atoms with Gasteiger partial charge in [0.05, 0.1) is 6.61 Å². The van der Waals surface area contributed by atoms with Crippen LogP contribution in [-0.2, 0) is 11.3 Å². The maximum Gasteiger partial charge on any atom is 0.343 e. The molecule has 1 saturated heterocycles. The Kier molecular flexibility index (Phi) is 7.06. The lowest BCUT2D eigenvalue weighted by Crippen LogP contribution is -2.29. The third-order valence-corrected chi connectivity index (χ3v) is 5.08. The minimum atomic E-state index is -0.422. The first-order valence-electron chi connectivity index (χ1n) is 9.36. The Bertz CT molecular complexity index is 761. The number of aromatic nitrogens is 2. The molecule has 1 N–H and O–H groups in total. The summed E-state index contributed by atoms with van der Waals surface area (Å²) < 4.78 is 5.11. The molecule has 0 spiro atoms. The van der Waals surface area contributed by atoms with Crippen LogP contribution >= 0.6 is 11.8 Å². The number of hydrogen-bond acceptors (Lipinski definition) is 7. The maximum absolute atomic E-state index is 12.2. The van der Waals surface area contributed by atoms with Crippen molar-refractivity contribution in [3.8, 4) is 0 Å². The molecule has 0 bridgehead atoms. The highest BCUT2D eigenvalue weighted by atomic mass is 32.2. The van der Waals surface area contributed by atoms with Crippen LogP contribution in [0.5, 0.6) is 0 Å². The van der Waals surface area contributed by atoms with Crippen molar-refractivity contribution in [3.63, 3.8) is 0 Å². The van der Waals surface area contributed by atoms with E-state index >= 15 is 0 Å². The molecule has 0 atom stereocenters. The summed E-state index contributed by atoms with van der Waals surface area (Å²) in [7, 11) is 0. The molecule has 1 fully saturated rings. The van der Waals surface area contributed by atoms with Crippen LogP contribution in [0.4, 0.5) is 11.5 Å². The summed E-state index contributed by atoms with van der Waals surface area (Å²) in [5.41, 5.74) is 2.52. The zero-order valence-electron chi connectivity index (χ0n) is 15.9. The number of nitrogens with zero attached hydrogens (tertiary/aromatic N) is 3. The average molecular weight is 387 g/mol. The Hall–Kier alpha value is -2.12. The second-order valence-corrected chi connectivity index (χ2v) is 7.27. The van der Waals surface area contributed by atoms with Crippen LogP contribution in [0, 0.1) is 0 Å². The Morgan fingerprint density at radius 1 is 1.22 bits per heavy atom. The fourth-order valence-corrected chi connectivity index (χ4v) is 3.46. The predicted molar refractivity (Wildman–Crippen MR) is 109 cm³/mol. The predicted octanol–water partition coefficient (Wildman–Crippen LogP) is 4.10. The molecule has 2 aromatic rings. The van der Waals surface area contributed by atoms with Gasteiger partial charge in [0.15, 0.2) is 5.16 Å². The number of nitrogens with one attached hydrogen (secondary N) is 1. The lowest BCUT2D eigenvalue weighted by molar-refractivity contribution is 0.0526. The Balaban J connectivity index is 1.72. The van der Waals surface area contributed by atoms with E-state index in [2.05, 4.69) is 32.3 Å². The zero-order chi connectivity index (χ0) is 19.1. The van der Waals surface area contributed by atoms with Crippen molar-refractivity contribution < 1.29 is 9.53 Å². The summed E-state index contributed by atoms with van der Waals surface area (Å²) in [6.45, 7) is 5.44. The minimum absolute atomic E-state index is 0.313. The summed E-state index contributed by atoms with van der Waals surface area (Å²) in [5.74, 6) is 0.0472. The van der Waals surface area contributed by atoms with Crippen molar-refractivity contribution in [1.29, 1.82) is 0 Å². The van der Waals surface area contributed by atoms with Crippen molar-refractivity contribution in [1.82, 2.24) is 14.9 Å². The van der Waals surface area contributed by atoms with Gasteiger partial charge in [-0.1, -0.05) is 30.3 Å². The third-order valence-electron chi connectivity index (χ3n) is 4.52. The maximum atomic E-state index is 12.2. The fraction of sp³-hybridized carbons (Fsp3) is 0.450. The number of thioether (sulfide) groups is 1. The number of benzene rings is 1.